The van der Waals surface area contributed by atoms with E-state index < -0.39 is 0 Å². The van der Waals surface area contributed by atoms with Gasteiger partial charge in [0, 0.05) is 12.8 Å². The molecule has 25 heavy (non-hydrogen) atoms. The Balaban J connectivity index is 3.32. The summed E-state index contributed by atoms with van der Waals surface area (Å²) in [7, 11) is 0. The molecule has 5 heteroatoms. The van der Waals surface area contributed by atoms with Crippen LogP contribution in [-0.2, 0) is 23.8 Å². The van der Waals surface area contributed by atoms with Crippen LogP contribution in [0.2, 0.25) is 0 Å². The van der Waals surface area contributed by atoms with E-state index in [0.717, 1.165) is 38.5 Å². The molecule has 0 atom stereocenters. The second kappa shape index (κ2) is 16.4. The third-order valence-corrected chi connectivity index (χ3v) is 3.81. The minimum atomic E-state index is -0.166. The Labute approximate surface area is 153 Å². The number of carbonyl (C=O) groups excluding carboxylic acids is 2. The van der Waals surface area contributed by atoms with Crippen LogP contribution in [0, 0.1) is 11.8 Å². The Hall–Kier alpha value is -1.10. The zero-order valence-corrected chi connectivity index (χ0v) is 16.7. The smallest absolute Gasteiger partial charge is 0.305 e. The van der Waals surface area contributed by atoms with Crippen LogP contribution in [0.3, 0.4) is 0 Å². The molecule has 0 aromatic carbocycles. The van der Waals surface area contributed by atoms with E-state index in [2.05, 4.69) is 27.7 Å². The Morgan fingerprint density at radius 1 is 0.640 bits per heavy atom. The average molecular weight is 359 g/mol. The summed E-state index contributed by atoms with van der Waals surface area (Å²) >= 11 is 0. The second-order valence-corrected chi connectivity index (χ2v) is 7.33. The van der Waals surface area contributed by atoms with Gasteiger partial charge in [-0.1, -0.05) is 53.4 Å². The van der Waals surface area contributed by atoms with Gasteiger partial charge in [-0.25, -0.2) is 0 Å². The summed E-state index contributed by atoms with van der Waals surface area (Å²) in [4.78, 5) is 23.0. The van der Waals surface area contributed by atoms with Crippen LogP contribution in [0.25, 0.3) is 0 Å². The maximum atomic E-state index is 11.5. The summed E-state index contributed by atoms with van der Waals surface area (Å²) in [6, 6.07) is 0. The fraction of sp³-hybridized carbons (Fsp3) is 0.900. The first-order chi connectivity index (χ1) is 11.9. The van der Waals surface area contributed by atoms with Crippen LogP contribution in [-0.4, -0.2) is 38.4 Å². The van der Waals surface area contributed by atoms with E-state index in [1.54, 1.807) is 0 Å². The highest BCUT2D eigenvalue weighted by Crippen LogP contribution is 2.09. The molecule has 0 rings (SSSR count). The van der Waals surface area contributed by atoms with Crippen molar-refractivity contribution in [1.82, 2.24) is 0 Å². The maximum Gasteiger partial charge on any atom is 0.305 e. The topological polar surface area (TPSA) is 61.8 Å². The van der Waals surface area contributed by atoms with Gasteiger partial charge in [0.15, 0.2) is 0 Å². The zero-order valence-electron chi connectivity index (χ0n) is 16.7. The van der Waals surface area contributed by atoms with E-state index >= 15 is 0 Å². The average Bonchev–Trinajstić information content (AvgIpc) is 2.54. The predicted molar refractivity (Wildman–Crippen MR) is 99.3 cm³/mol. The molecule has 148 valence electrons. The van der Waals surface area contributed by atoms with Crippen molar-refractivity contribution in [1.29, 1.82) is 0 Å². The molecule has 5 nitrogen and oxygen atoms in total. The van der Waals surface area contributed by atoms with Gasteiger partial charge in [0.25, 0.3) is 0 Å². The summed E-state index contributed by atoms with van der Waals surface area (Å²) in [5, 5.41) is 0. The molecule has 0 bridgehead atoms. The Kier molecular flexibility index (Phi) is 15.7. The van der Waals surface area contributed by atoms with Crippen LogP contribution in [0.5, 0.6) is 0 Å². The quantitative estimate of drug-likeness (QED) is 0.300. The molecule has 0 aliphatic heterocycles. The summed E-state index contributed by atoms with van der Waals surface area (Å²) in [5.41, 5.74) is 0. The van der Waals surface area contributed by atoms with Gasteiger partial charge in [0.1, 0.15) is 13.2 Å². The van der Waals surface area contributed by atoms with Gasteiger partial charge in [0.2, 0.25) is 0 Å². The van der Waals surface area contributed by atoms with E-state index in [-0.39, 0.29) is 25.2 Å². The molecular weight excluding hydrogens is 320 g/mol. The molecule has 0 amide bonds. The lowest BCUT2D eigenvalue weighted by Gasteiger charge is -2.08. The van der Waals surface area contributed by atoms with Gasteiger partial charge in [-0.05, 0) is 24.7 Å². The van der Waals surface area contributed by atoms with E-state index in [4.69, 9.17) is 14.2 Å². The van der Waals surface area contributed by atoms with Crippen molar-refractivity contribution in [3.05, 3.63) is 0 Å². The minimum Gasteiger partial charge on any atom is -0.463 e. The first-order valence-electron chi connectivity index (χ1n) is 9.80. The van der Waals surface area contributed by atoms with E-state index in [1.807, 2.05) is 0 Å². The van der Waals surface area contributed by atoms with Gasteiger partial charge >= 0.3 is 11.9 Å². The van der Waals surface area contributed by atoms with Crippen molar-refractivity contribution >= 4 is 11.9 Å². The van der Waals surface area contributed by atoms with Crippen molar-refractivity contribution in [3.63, 3.8) is 0 Å². The molecule has 0 heterocycles. The molecule has 0 spiro atoms. The van der Waals surface area contributed by atoms with Crippen molar-refractivity contribution < 1.29 is 23.8 Å². The van der Waals surface area contributed by atoms with Crippen LogP contribution in [0.15, 0.2) is 0 Å². The molecule has 0 fully saturated rings. The molecule has 0 aromatic rings. The first kappa shape index (κ1) is 23.9. The number of hydrogen-bond acceptors (Lipinski definition) is 5. The Morgan fingerprint density at radius 3 is 1.40 bits per heavy atom. The Bertz CT molecular complexity index is 307. The standard InChI is InChI=1S/C20H38O5/c1-17(2)9-5-7-11-19(21)24-15-13-23-14-16-25-20(22)12-8-6-10-18(3)4/h17-18H,5-16H2,1-4H3. The summed E-state index contributed by atoms with van der Waals surface area (Å²) < 4.78 is 15.5. The van der Waals surface area contributed by atoms with Crippen LogP contribution in [0.4, 0.5) is 0 Å². The third kappa shape index (κ3) is 19.1. The normalized spacial score (nSPS) is 11.1. The van der Waals surface area contributed by atoms with Gasteiger partial charge in [0.05, 0.1) is 13.2 Å². The fourth-order valence-corrected chi connectivity index (χ4v) is 2.32. The molecule has 0 saturated carbocycles. The van der Waals surface area contributed by atoms with Gasteiger partial charge in [-0.3, -0.25) is 9.59 Å². The van der Waals surface area contributed by atoms with Crippen molar-refractivity contribution in [2.75, 3.05) is 26.4 Å². The number of esters is 2. The highest BCUT2D eigenvalue weighted by Gasteiger charge is 2.05. The first-order valence-corrected chi connectivity index (χ1v) is 9.80. The molecule has 0 aliphatic rings. The molecule has 0 radical (unpaired) electrons. The highest BCUT2D eigenvalue weighted by molar-refractivity contribution is 5.69. The second-order valence-electron chi connectivity index (χ2n) is 7.33. The fourth-order valence-electron chi connectivity index (χ4n) is 2.32. The lowest BCUT2D eigenvalue weighted by molar-refractivity contribution is -0.146. The van der Waals surface area contributed by atoms with E-state index in [1.165, 1.54) is 0 Å². The number of carbonyl (C=O) groups is 2. The third-order valence-electron chi connectivity index (χ3n) is 3.81. The van der Waals surface area contributed by atoms with Crippen molar-refractivity contribution in [2.45, 2.75) is 79.1 Å². The van der Waals surface area contributed by atoms with E-state index in [0.29, 0.717) is 37.9 Å². The lowest BCUT2D eigenvalue weighted by Crippen LogP contribution is -2.14. The SMILES string of the molecule is CC(C)CCCCC(=O)OCCOCCOC(=O)CCCCC(C)C. The minimum absolute atomic E-state index is 0.166. The summed E-state index contributed by atoms with van der Waals surface area (Å²) in [5.74, 6) is 1.03. The maximum absolute atomic E-state index is 11.5. The van der Waals surface area contributed by atoms with Crippen LogP contribution >= 0.6 is 0 Å². The number of hydrogen-bond donors (Lipinski definition) is 0. The van der Waals surface area contributed by atoms with Gasteiger partial charge in [-0.2, -0.15) is 0 Å². The summed E-state index contributed by atoms with van der Waals surface area (Å²) in [6.45, 7) is 9.91. The van der Waals surface area contributed by atoms with Crippen LogP contribution < -0.4 is 0 Å². The lowest BCUT2D eigenvalue weighted by atomic mass is 10.1. The Morgan fingerprint density at radius 2 is 1.04 bits per heavy atom. The van der Waals surface area contributed by atoms with Gasteiger partial charge in [-0.15, -0.1) is 0 Å². The highest BCUT2D eigenvalue weighted by atomic mass is 16.6. The summed E-state index contributed by atoms with van der Waals surface area (Å²) in [6.07, 6.45) is 7.12. The van der Waals surface area contributed by atoms with Gasteiger partial charge < -0.3 is 14.2 Å². The van der Waals surface area contributed by atoms with Crippen LogP contribution in [0.1, 0.15) is 79.1 Å². The molecule has 0 saturated heterocycles. The van der Waals surface area contributed by atoms with Crippen molar-refractivity contribution in [3.8, 4) is 0 Å². The zero-order chi connectivity index (χ0) is 18.9. The number of unbranched alkanes of at least 4 members (excludes halogenated alkanes) is 2. The number of rotatable bonds is 16. The number of ether oxygens (including phenoxy) is 3. The molecule has 0 N–H and O–H groups in total. The molecule has 0 unspecified atom stereocenters. The largest absolute Gasteiger partial charge is 0.463 e. The molecule has 0 aromatic heterocycles. The predicted octanol–water partition coefficient (Wildman–Crippen LogP) is 4.52. The van der Waals surface area contributed by atoms with E-state index in [9.17, 15) is 9.59 Å². The van der Waals surface area contributed by atoms with Crippen molar-refractivity contribution in [2.24, 2.45) is 11.8 Å². The molecular formula is C20H38O5. The monoisotopic (exact) mass is 358 g/mol. The molecule has 0 aliphatic carbocycles.